The van der Waals surface area contributed by atoms with Crippen molar-refractivity contribution in [2.24, 2.45) is 5.92 Å². The van der Waals surface area contributed by atoms with Crippen molar-refractivity contribution in [1.82, 2.24) is 5.32 Å². The van der Waals surface area contributed by atoms with Crippen LogP contribution in [0.5, 0.6) is 0 Å². The maximum Gasteiger partial charge on any atom is 0.349 e. The Labute approximate surface area is 129 Å². The van der Waals surface area contributed by atoms with E-state index in [4.69, 9.17) is 4.42 Å². The van der Waals surface area contributed by atoms with Gasteiger partial charge in [-0.25, -0.2) is 4.79 Å². The SMILES string of the molecule is CCC1CCC(NC(=O)c2cc3ccccc3oc2=O)CC1. The van der Waals surface area contributed by atoms with E-state index in [9.17, 15) is 9.59 Å². The molecule has 1 heterocycles. The van der Waals surface area contributed by atoms with Crippen molar-refractivity contribution in [3.05, 3.63) is 46.3 Å². The minimum absolute atomic E-state index is 0.0938. The number of amides is 1. The van der Waals surface area contributed by atoms with Crippen LogP contribution >= 0.6 is 0 Å². The average Bonchev–Trinajstić information content (AvgIpc) is 2.54. The largest absolute Gasteiger partial charge is 0.422 e. The zero-order valence-corrected chi connectivity index (χ0v) is 12.8. The third-order valence-electron chi connectivity index (χ3n) is 4.65. The fraction of sp³-hybridized carbons (Fsp3) is 0.444. The Bertz CT molecular complexity index is 726. The smallest absolute Gasteiger partial charge is 0.349 e. The lowest BCUT2D eigenvalue weighted by molar-refractivity contribution is 0.0918. The fourth-order valence-electron chi connectivity index (χ4n) is 3.20. The lowest BCUT2D eigenvalue weighted by Gasteiger charge is -2.28. The summed E-state index contributed by atoms with van der Waals surface area (Å²) in [6.07, 6.45) is 5.47. The van der Waals surface area contributed by atoms with E-state index in [1.165, 1.54) is 6.42 Å². The van der Waals surface area contributed by atoms with Gasteiger partial charge in [0.1, 0.15) is 11.1 Å². The molecule has 4 nitrogen and oxygen atoms in total. The lowest BCUT2D eigenvalue weighted by Crippen LogP contribution is -2.39. The highest BCUT2D eigenvalue weighted by molar-refractivity contribution is 5.96. The van der Waals surface area contributed by atoms with Gasteiger partial charge in [-0.3, -0.25) is 4.79 Å². The summed E-state index contributed by atoms with van der Waals surface area (Å²) in [5.41, 5.74) is 0.0299. The molecule has 1 fully saturated rings. The Morgan fingerprint density at radius 1 is 1.23 bits per heavy atom. The molecule has 116 valence electrons. The third kappa shape index (κ3) is 3.06. The molecule has 0 atom stereocenters. The van der Waals surface area contributed by atoms with Gasteiger partial charge in [0.05, 0.1) is 0 Å². The van der Waals surface area contributed by atoms with Gasteiger partial charge in [0, 0.05) is 11.4 Å². The molecule has 4 heteroatoms. The first-order valence-corrected chi connectivity index (χ1v) is 8.01. The second kappa shape index (κ2) is 6.34. The van der Waals surface area contributed by atoms with Crippen molar-refractivity contribution < 1.29 is 9.21 Å². The first kappa shape index (κ1) is 14.8. The van der Waals surface area contributed by atoms with E-state index in [0.717, 1.165) is 37.0 Å². The second-order valence-corrected chi connectivity index (χ2v) is 6.08. The molecular weight excluding hydrogens is 278 g/mol. The standard InChI is InChI=1S/C18H21NO3/c1-2-12-7-9-14(10-8-12)19-17(20)15-11-13-5-3-4-6-16(13)22-18(15)21/h3-6,11-12,14H,2,7-10H2,1H3,(H,19,20). The summed E-state index contributed by atoms with van der Waals surface area (Å²) in [6.45, 7) is 2.21. The number of para-hydroxylation sites is 1. The van der Waals surface area contributed by atoms with Crippen LogP contribution < -0.4 is 10.9 Å². The van der Waals surface area contributed by atoms with Crippen LogP contribution in [0.3, 0.4) is 0 Å². The summed E-state index contributed by atoms with van der Waals surface area (Å²) >= 11 is 0. The van der Waals surface area contributed by atoms with Gasteiger partial charge in [0.15, 0.2) is 0 Å². The third-order valence-corrected chi connectivity index (χ3v) is 4.65. The van der Waals surface area contributed by atoms with Crippen LogP contribution in [0.4, 0.5) is 0 Å². The van der Waals surface area contributed by atoms with Gasteiger partial charge in [0.2, 0.25) is 0 Å². The molecule has 0 radical (unpaired) electrons. The van der Waals surface area contributed by atoms with Gasteiger partial charge in [-0.1, -0.05) is 31.5 Å². The molecule has 1 N–H and O–H groups in total. The van der Waals surface area contributed by atoms with Crippen LogP contribution in [0.2, 0.25) is 0 Å². The highest BCUT2D eigenvalue weighted by Crippen LogP contribution is 2.26. The number of benzene rings is 1. The Morgan fingerprint density at radius 2 is 1.95 bits per heavy atom. The summed E-state index contributed by atoms with van der Waals surface area (Å²) in [4.78, 5) is 24.3. The molecule has 22 heavy (non-hydrogen) atoms. The molecule has 1 aliphatic carbocycles. The molecule has 0 aliphatic heterocycles. The molecule has 0 spiro atoms. The van der Waals surface area contributed by atoms with Gasteiger partial charge in [-0.15, -0.1) is 0 Å². The van der Waals surface area contributed by atoms with Crippen molar-refractivity contribution in [2.75, 3.05) is 0 Å². The van der Waals surface area contributed by atoms with Crippen molar-refractivity contribution in [3.63, 3.8) is 0 Å². The molecule has 1 saturated carbocycles. The molecule has 0 saturated heterocycles. The molecule has 1 aliphatic rings. The van der Waals surface area contributed by atoms with Gasteiger partial charge in [-0.2, -0.15) is 0 Å². The summed E-state index contributed by atoms with van der Waals surface area (Å²) in [5.74, 6) is 0.457. The summed E-state index contributed by atoms with van der Waals surface area (Å²) in [7, 11) is 0. The van der Waals surface area contributed by atoms with E-state index in [1.54, 1.807) is 18.2 Å². The Hall–Kier alpha value is -2.10. The molecular formula is C18H21NO3. The Kier molecular flexibility index (Phi) is 4.27. The van der Waals surface area contributed by atoms with E-state index in [-0.39, 0.29) is 17.5 Å². The number of rotatable bonds is 3. The van der Waals surface area contributed by atoms with E-state index in [0.29, 0.717) is 5.58 Å². The van der Waals surface area contributed by atoms with Crippen LogP contribution in [0, 0.1) is 5.92 Å². The number of hydrogen-bond donors (Lipinski definition) is 1. The maximum absolute atomic E-state index is 12.4. The topological polar surface area (TPSA) is 59.3 Å². The van der Waals surface area contributed by atoms with E-state index in [2.05, 4.69) is 12.2 Å². The van der Waals surface area contributed by atoms with Gasteiger partial charge < -0.3 is 9.73 Å². The number of hydrogen-bond acceptors (Lipinski definition) is 3. The molecule has 0 unspecified atom stereocenters. The Morgan fingerprint density at radius 3 is 2.68 bits per heavy atom. The van der Waals surface area contributed by atoms with Crippen molar-refractivity contribution in [1.29, 1.82) is 0 Å². The number of fused-ring (bicyclic) bond motifs is 1. The number of nitrogens with one attached hydrogen (secondary N) is 1. The van der Waals surface area contributed by atoms with Crippen molar-refractivity contribution in [2.45, 2.75) is 45.1 Å². The number of carbonyl (C=O) groups is 1. The molecule has 0 bridgehead atoms. The van der Waals surface area contributed by atoms with E-state index < -0.39 is 5.63 Å². The summed E-state index contributed by atoms with van der Waals surface area (Å²) < 4.78 is 5.22. The first-order valence-electron chi connectivity index (χ1n) is 8.01. The van der Waals surface area contributed by atoms with Crippen molar-refractivity contribution >= 4 is 16.9 Å². The van der Waals surface area contributed by atoms with Crippen molar-refractivity contribution in [3.8, 4) is 0 Å². The van der Waals surface area contributed by atoms with Gasteiger partial charge >= 0.3 is 5.63 Å². The lowest BCUT2D eigenvalue weighted by atomic mass is 9.84. The average molecular weight is 299 g/mol. The normalized spacial score (nSPS) is 21.7. The fourth-order valence-corrected chi connectivity index (χ4v) is 3.20. The van der Waals surface area contributed by atoms with Crippen LogP contribution in [0.15, 0.2) is 39.5 Å². The first-order chi connectivity index (χ1) is 10.7. The van der Waals surface area contributed by atoms with E-state index >= 15 is 0 Å². The Balaban J connectivity index is 1.75. The van der Waals surface area contributed by atoms with E-state index in [1.807, 2.05) is 12.1 Å². The molecule has 1 amide bonds. The zero-order chi connectivity index (χ0) is 15.5. The van der Waals surface area contributed by atoms with Gasteiger partial charge in [-0.05, 0) is 43.7 Å². The van der Waals surface area contributed by atoms with Gasteiger partial charge in [0.25, 0.3) is 5.91 Å². The van der Waals surface area contributed by atoms with Crippen LogP contribution in [0.25, 0.3) is 11.0 Å². The molecule has 1 aromatic carbocycles. The minimum atomic E-state index is -0.571. The molecule has 2 aromatic rings. The molecule has 3 rings (SSSR count). The summed E-state index contributed by atoms with van der Waals surface area (Å²) in [6, 6.07) is 9.01. The highest BCUT2D eigenvalue weighted by Gasteiger charge is 2.23. The quantitative estimate of drug-likeness (QED) is 0.883. The summed E-state index contributed by atoms with van der Waals surface area (Å²) in [5, 5.41) is 3.75. The monoisotopic (exact) mass is 299 g/mol. The number of carbonyl (C=O) groups excluding carboxylic acids is 1. The minimum Gasteiger partial charge on any atom is -0.422 e. The van der Waals surface area contributed by atoms with Crippen LogP contribution in [-0.4, -0.2) is 11.9 Å². The predicted octanol–water partition coefficient (Wildman–Crippen LogP) is 3.49. The van der Waals surface area contributed by atoms with Crippen LogP contribution in [0.1, 0.15) is 49.4 Å². The maximum atomic E-state index is 12.4. The highest BCUT2D eigenvalue weighted by atomic mass is 16.4. The second-order valence-electron chi connectivity index (χ2n) is 6.08. The molecule has 1 aromatic heterocycles. The zero-order valence-electron chi connectivity index (χ0n) is 12.8. The van der Waals surface area contributed by atoms with Crippen LogP contribution in [-0.2, 0) is 0 Å². The predicted molar refractivity (Wildman–Crippen MR) is 86.0 cm³/mol.